The van der Waals surface area contributed by atoms with Crippen LogP contribution in [0.15, 0.2) is 12.5 Å². The van der Waals surface area contributed by atoms with Crippen LogP contribution in [0.5, 0.6) is 0 Å². The summed E-state index contributed by atoms with van der Waals surface area (Å²) in [4.78, 5) is 12.6. The Morgan fingerprint density at radius 1 is 1.42 bits per heavy atom. The number of carbonyl (C=O) groups is 1. The van der Waals surface area contributed by atoms with Crippen LogP contribution in [0.3, 0.4) is 0 Å². The Balaban J connectivity index is 1.72. The molecule has 2 aromatic rings. The number of aryl methyl sites for hydroxylation is 1. The van der Waals surface area contributed by atoms with E-state index in [-0.39, 0.29) is 11.9 Å². The van der Waals surface area contributed by atoms with E-state index < -0.39 is 0 Å². The topological polar surface area (TPSA) is 77.6 Å². The first-order valence-corrected chi connectivity index (χ1v) is 8.84. The third-order valence-electron chi connectivity index (χ3n) is 4.84. The van der Waals surface area contributed by atoms with Crippen molar-refractivity contribution in [2.24, 2.45) is 0 Å². The van der Waals surface area contributed by atoms with Crippen LogP contribution in [0, 0.1) is 6.92 Å². The predicted octanol–water partition coefficient (Wildman–Crippen LogP) is 2.80. The van der Waals surface area contributed by atoms with Gasteiger partial charge in [0, 0.05) is 18.3 Å². The van der Waals surface area contributed by atoms with Gasteiger partial charge in [0.25, 0.3) is 5.91 Å². The van der Waals surface area contributed by atoms with Crippen molar-refractivity contribution in [2.45, 2.75) is 71.5 Å². The van der Waals surface area contributed by atoms with Gasteiger partial charge in [0.1, 0.15) is 6.33 Å². The molecule has 0 radical (unpaired) electrons. The Hall–Kier alpha value is -2.18. The normalized spacial score (nSPS) is 16.5. The van der Waals surface area contributed by atoms with Crippen molar-refractivity contribution in [1.29, 1.82) is 0 Å². The highest BCUT2D eigenvalue weighted by Gasteiger charge is 2.24. The number of nitrogens with zero attached hydrogens (tertiary/aromatic N) is 5. The summed E-state index contributed by atoms with van der Waals surface area (Å²) in [7, 11) is 0. The molecule has 24 heavy (non-hydrogen) atoms. The lowest BCUT2D eigenvalue weighted by Gasteiger charge is -2.18. The first-order chi connectivity index (χ1) is 11.6. The van der Waals surface area contributed by atoms with Gasteiger partial charge in [-0.15, -0.1) is 10.2 Å². The summed E-state index contributed by atoms with van der Waals surface area (Å²) in [5.74, 6) is 0.720. The lowest BCUT2D eigenvalue weighted by atomic mass is 10.2. The van der Waals surface area contributed by atoms with Crippen LogP contribution < -0.4 is 5.32 Å². The molecule has 7 nitrogen and oxygen atoms in total. The van der Waals surface area contributed by atoms with Crippen molar-refractivity contribution >= 4 is 5.91 Å². The van der Waals surface area contributed by atoms with E-state index in [2.05, 4.69) is 32.1 Å². The molecule has 1 aliphatic carbocycles. The Kier molecular flexibility index (Phi) is 4.97. The molecule has 0 bridgehead atoms. The van der Waals surface area contributed by atoms with Crippen molar-refractivity contribution in [3.8, 4) is 0 Å². The summed E-state index contributed by atoms with van der Waals surface area (Å²) in [6, 6.07) is 0.276. The van der Waals surface area contributed by atoms with Gasteiger partial charge in [0.05, 0.1) is 17.8 Å². The summed E-state index contributed by atoms with van der Waals surface area (Å²) in [5, 5.41) is 15.6. The second kappa shape index (κ2) is 7.15. The van der Waals surface area contributed by atoms with Gasteiger partial charge in [-0.3, -0.25) is 9.48 Å². The van der Waals surface area contributed by atoms with E-state index >= 15 is 0 Å². The van der Waals surface area contributed by atoms with Crippen molar-refractivity contribution < 1.29 is 4.79 Å². The smallest absolute Gasteiger partial charge is 0.255 e. The third-order valence-corrected chi connectivity index (χ3v) is 4.84. The molecular weight excluding hydrogens is 304 g/mol. The van der Waals surface area contributed by atoms with E-state index in [0.717, 1.165) is 37.3 Å². The highest BCUT2D eigenvalue weighted by atomic mass is 16.1. The molecule has 1 N–H and O–H groups in total. The van der Waals surface area contributed by atoms with Gasteiger partial charge in [0.15, 0.2) is 5.82 Å². The minimum atomic E-state index is -0.186. The van der Waals surface area contributed by atoms with Crippen molar-refractivity contribution in [1.82, 2.24) is 29.9 Å². The molecule has 2 aromatic heterocycles. The first-order valence-electron chi connectivity index (χ1n) is 8.84. The molecule has 1 fully saturated rings. The Morgan fingerprint density at radius 3 is 2.88 bits per heavy atom. The number of hydrogen-bond acceptors (Lipinski definition) is 4. The van der Waals surface area contributed by atoms with Gasteiger partial charge in [0.2, 0.25) is 0 Å². The van der Waals surface area contributed by atoms with Gasteiger partial charge in [-0.25, -0.2) is 0 Å². The zero-order valence-electron chi connectivity index (χ0n) is 14.7. The number of carbonyl (C=O) groups excluding carboxylic acids is 1. The standard InChI is InChI=1S/C17H26N6O/c1-4-9-23-13(3)15(10-19-23)17(24)20-12(2)16-21-18-11-22(16)14-7-5-6-8-14/h10-12,14H,4-9H2,1-3H3,(H,20,24)/t12-/m1/s1. The number of amides is 1. The minimum absolute atomic E-state index is 0.108. The third kappa shape index (κ3) is 3.20. The maximum Gasteiger partial charge on any atom is 0.255 e. The SMILES string of the molecule is CCCn1ncc(C(=O)N[C@H](C)c2nncn2C2CCCC2)c1C. The number of nitrogens with one attached hydrogen (secondary N) is 1. The molecule has 2 heterocycles. The second-order valence-corrected chi connectivity index (χ2v) is 6.60. The quantitative estimate of drug-likeness (QED) is 0.883. The molecule has 0 saturated heterocycles. The van der Waals surface area contributed by atoms with Crippen LogP contribution in [0.1, 0.15) is 79.9 Å². The average Bonchev–Trinajstić information content (AvgIpc) is 3.27. The summed E-state index contributed by atoms with van der Waals surface area (Å²) in [6.07, 6.45) is 9.25. The summed E-state index contributed by atoms with van der Waals surface area (Å²) >= 11 is 0. The predicted molar refractivity (Wildman–Crippen MR) is 90.7 cm³/mol. The van der Waals surface area contributed by atoms with Crippen LogP contribution in [-0.4, -0.2) is 30.5 Å². The average molecular weight is 330 g/mol. The molecule has 0 aliphatic heterocycles. The fourth-order valence-corrected chi connectivity index (χ4v) is 3.47. The molecule has 1 amide bonds. The highest BCUT2D eigenvalue weighted by Crippen LogP contribution is 2.31. The van der Waals surface area contributed by atoms with Crippen LogP contribution in [-0.2, 0) is 6.54 Å². The molecule has 0 spiro atoms. The minimum Gasteiger partial charge on any atom is -0.342 e. The Morgan fingerprint density at radius 2 is 2.17 bits per heavy atom. The van der Waals surface area contributed by atoms with E-state index in [4.69, 9.17) is 0 Å². The van der Waals surface area contributed by atoms with Gasteiger partial charge < -0.3 is 9.88 Å². The van der Waals surface area contributed by atoms with Gasteiger partial charge in [-0.2, -0.15) is 5.10 Å². The lowest BCUT2D eigenvalue weighted by molar-refractivity contribution is 0.0936. The molecule has 130 valence electrons. The van der Waals surface area contributed by atoms with Gasteiger partial charge >= 0.3 is 0 Å². The summed E-state index contributed by atoms with van der Waals surface area (Å²) < 4.78 is 4.01. The van der Waals surface area contributed by atoms with Gasteiger partial charge in [-0.05, 0) is 33.1 Å². The fraction of sp³-hybridized carbons (Fsp3) is 0.647. The van der Waals surface area contributed by atoms with E-state index in [1.165, 1.54) is 12.8 Å². The Labute approximate surface area is 142 Å². The zero-order valence-corrected chi connectivity index (χ0v) is 14.7. The Bertz CT molecular complexity index is 698. The van der Waals surface area contributed by atoms with Crippen molar-refractivity contribution in [3.63, 3.8) is 0 Å². The first kappa shape index (κ1) is 16.7. The molecular formula is C17H26N6O. The van der Waals surface area contributed by atoms with E-state index in [0.29, 0.717) is 11.6 Å². The number of hydrogen-bond donors (Lipinski definition) is 1. The molecule has 3 rings (SSSR count). The monoisotopic (exact) mass is 330 g/mol. The molecule has 7 heteroatoms. The second-order valence-electron chi connectivity index (χ2n) is 6.60. The molecule has 0 unspecified atom stereocenters. The lowest BCUT2D eigenvalue weighted by Crippen LogP contribution is -2.29. The molecule has 1 saturated carbocycles. The van der Waals surface area contributed by atoms with Crippen molar-refractivity contribution in [3.05, 3.63) is 29.6 Å². The van der Waals surface area contributed by atoms with Crippen LogP contribution in [0.25, 0.3) is 0 Å². The maximum absolute atomic E-state index is 12.6. The fourth-order valence-electron chi connectivity index (χ4n) is 3.47. The van der Waals surface area contributed by atoms with Crippen molar-refractivity contribution in [2.75, 3.05) is 0 Å². The molecule has 1 atom stereocenters. The van der Waals surface area contributed by atoms with E-state index in [1.807, 2.05) is 18.5 Å². The maximum atomic E-state index is 12.6. The number of rotatable bonds is 6. The van der Waals surface area contributed by atoms with Crippen LogP contribution in [0.2, 0.25) is 0 Å². The van der Waals surface area contributed by atoms with Gasteiger partial charge in [-0.1, -0.05) is 19.8 Å². The van der Waals surface area contributed by atoms with E-state index in [9.17, 15) is 4.79 Å². The van der Waals surface area contributed by atoms with Crippen LogP contribution >= 0.6 is 0 Å². The van der Waals surface area contributed by atoms with Crippen LogP contribution in [0.4, 0.5) is 0 Å². The molecule has 1 aliphatic rings. The number of aromatic nitrogens is 5. The zero-order chi connectivity index (χ0) is 17.1. The van der Waals surface area contributed by atoms with E-state index in [1.54, 1.807) is 12.5 Å². The molecule has 0 aromatic carbocycles. The highest BCUT2D eigenvalue weighted by molar-refractivity contribution is 5.95. The summed E-state index contributed by atoms with van der Waals surface area (Å²) in [6.45, 7) is 6.81. The largest absolute Gasteiger partial charge is 0.342 e. The summed E-state index contributed by atoms with van der Waals surface area (Å²) in [5.41, 5.74) is 1.53.